The van der Waals surface area contributed by atoms with E-state index in [-0.39, 0.29) is 42.5 Å². The Hall–Kier alpha value is -4.62. The van der Waals surface area contributed by atoms with Gasteiger partial charge in [0.15, 0.2) is 0 Å². The molecule has 0 radical (unpaired) electrons. The highest BCUT2D eigenvalue weighted by atomic mass is 79.9. The van der Waals surface area contributed by atoms with Gasteiger partial charge in [0, 0.05) is 54.8 Å². The van der Waals surface area contributed by atoms with Crippen molar-refractivity contribution in [1.82, 2.24) is 19.8 Å². The molecule has 0 saturated carbocycles. The van der Waals surface area contributed by atoms with Gasteiger partial charge in [-0.3, -0.25) is 28.3 Å². The standard InChI is InChI=1S/2C22H22BrClN2O3/c1-12(2)25-21(27)10-16-13(3)26(22(28)14-5-7-15(23)8-6-14)19-11-18(24)20(29-4)9-17(16)19;1-4-9-25-21(27)11-16-13(2)26(22(28)14-5-7-15(23)8-6-14)19-12-18(24)20(29-3)10-17(16)19/h5-9,11-12H,10H2,1-4H3,(H,25,27);5-8,10,12H,4,9,11H2,1-3H3,(H,25,27). The third-order valence-electron chi connectivity index (χ3n) is 9.50. The van der Waals surface area contributed by atoms with Crippen LogP contribution in [0.1, 0.15) is 70.4 Å². The number of hydrogen-bond acceptors (Lipinski definition) is 6. The molecular formula is C44H44Br2Cl2N4O6. The summed E-state index contributed by atoms with van der Waals surface area (Å²) in [7, 11) is 3.08. The number of ether oxygens (including phenoxy) is 2. The number of carbonyl (C=O) groups excluding carboxylic acids is 4. The van der Waals surface area contributed by atoms with E-state index in [1.165, 1.54) is 14.2 Å². The van der Waals surface area contributed by atoms with Gasteiger partial charge in [-0.1, -0.05) is 62.0 Å². The van der Waals surface area contributed by atoms with Crippen LogP contribution in [0.5, 0.6) is 11.5 Å². The first-order valence-electron chi connectivity index (χ1n) is 18.5. The summed E-state index contributed by atoms with van der Waals surface area (Å²) >= 11 is 19.5. The number of nitrogens with one attached hydrogen (secondary N) is 2. The molecule has 0 aliphatic rings. The Labute approximate surface area is 364 Å². The van der Waals surface area contributed by atoms with Crippen molar-refractivity contribution in [1.29, 1.82) is 0 Å². The lowest BCUT2D eigenvalue weighted by Crippen LogP contribution is -2.31. The van der Waals surface area contributed by atoms with E-state index in [1.807, 2.05) is 58.9 Å². The molecule has 0 fully saturated rings. The number of rotatable bonds is 11. The molecule has 0 aliphatic carbocycles. The smallest absolute Gasteiger partial charge is 0.262 e. The van der Waals surface area contributed by atoms with E-state index in [0.717, 1.165) is 37.3 Å². The summed E-state index contributed by atoms with van der Waals surface area (Å²) < 4.78 is 15.7. The predicted octanol–water partition coefficient (Wildman–Crippen LogP) is 10.3. The van der Waals surface area contributed by atoms with Crippen molar-refractivity contribution in [2.24, 2.45) is 0 Å². The maximum Gasteiger partial charge on any atom is 0.262 e. The highest BCUT2D eigenvalue weighted by molar-refractivity contribution is 9.10. The SMILES string of the molecule is CCCNC(=O)Cc1c(C)n(C(=O)c2ccc(Br)cc2)c2cc(Cl)c(OC)cc12.COc1cc2c(CC(=O)NC(C)C)c(C)n(C(=O)c3ccc(Br)cc3)c2cc1Cl. The van der Waals surface area contributed by atoms with Crippen molar-refractivity contribution in [3.05, 3.63) is 125 Å². The number of methoxy groups -OCH3 is 2. The molecule has 0 atom stereocenters. The number of nitrogens with zero attached hydrogens (tertiary/aromatic N) is 2. The van der Waals surface area contributed by atoms with E-state index in [9.17, 15) is 19.2 Å². The number of carbonyl (C=O) groups is 4. The Kier molecular flexibility index (Phi) is 14.9. The maximum atomic E-state index is 13.3. The fraction of sp³-hybridized carbons (Fsp3) is 0.273. The normalized spacial score (nSPS) is 11.0. The lowest BCUT2D eigenvalue weighted by Gasteiger charge is -2.09. The van der Waals surface area contributed by atoms with Crippen molar-refractivity contribution in [2.45, 2.75) is 59.9 Å². The molecule has 4 aromatic carbocycles. The number of amides is 2. The van der Waals surface area contributed by atoms with Crippen molar-refractivity contribution in [3.8, 4) is 11.5 Å². The molecule has 14 heteroatoms. The molecular weight excluding hydrogens is 911 g/mol. The first kappa shape index (κ1) is 44.5. The summed E-state index contributed by atoms with van der Waals surface area (Å²) in [6.45, 7) is 10.1. The summed E-state index contributed by atoms with van der Waals surface area (Å²) in [6.07, 6.45) is 1.19. The minimum Gasteiger partial charge on any atom is -0.495 e. The second kappa shape index (κ2) is 19.4. The van der Waals surface area contributed by atoms with Crippen LogP contribution in [0.15, 0.2) is 81.7 Å². The quantitative estimate of drug-likeness (QED) is 0.133. The molecule has 0 saturated heterocycles. The molecule has 2 aromatic heterocycles. The van der Waals surface area contributed by atoms with Crippen LogP contribution in [0.25, 0.3) is 21.8 Å². The Bertz CT molecular complexity index is 2510. The van der Waals surface area contributed by atoms with Gasteiger partial charge in [0.2, 0.25) is 11.8 Å². The number of halogens is 4. The largest absolute Gasteiger partial charge is 0.495 e. The summed E-state index contributed by atoms with van der Waals surface area (Å²) in [5, 5.41) is 8.16. The van der Waals surface area contributed by atoms with Crippen LogP contribution < -0.4 is 20.1 Å². The summed E-state index contributed by atoms with van der Waals surface area (Å²) in [5.74, 6) is 0.449. The first-order valence-corrected chi connectivity index (χ1v) is 20.9. The minimum atomic E-state index is -0.184. The van der Waals surface area contributed by atoms with E-state index < -0.39 is 0 Å². The minimum absolute atomic E-state index is 0.0320. The van der Waals surface area contributed by atoms with Gasteiger partial charge in [-0.05, 0) is 118 Å². The molecule has 6 aromatic rings. The van der Waals surface area contributed by atoms with E-state index in [4.69, 9.17) is 32.7 Å². The average Bonchev–Trinajstić information content (AvgIpc) is 3.59. The highest BCUT2D eigenvalue weighted by Crippen LogP contribution is 2.37. The zero-order chi connectivity index (χ0) is 42.4. The summed E-state index contributed by atoms with van der Waals surface area (Å²) in [6, 6.07) is 21.4. The monoisotopic (exact) mass is 952 g/mol. The van der Waals surface area contributed by atoms with Crippen LogP contribution in [-0.2, 0) is 22.4 Å². The Morgan fingerprint density at radius 2 is 1.07 bits per heavy atom. The van der Waals surface area contributed by atoms with Crippen LogP contribution in [0.4, 0.5) is 0 Å². The van der Waals surface area contributed by atoms with Gasteiger partial charge < -0.3 is 20.1 Å². The molecule has 2 heterocycles. The topological polar surface area (TPSA) is 121 Å². The average molecular weight is 956 g/mol. The van der Waals surface area contributed by atoms with Crippen molar-refractivity contribution < 1.29 is 28.7 Å². The van der Waals surface area contributed by atoms with Crippen molar-refractivity contribution >= 4 is 100 Å². The third-order valence-corrected chi connectivity index (χ3v) is 11.1. The van der Waals surface area contributed by atoms with Gasteiger partial charge in [0.05, 0.1) is 48.1 Å². The number of benzene rings is 4. The molecule has 2 N–H and O–H groups in total. The number of hydrogen-bond donors (Lipinski definition) is 2. The second-order valence-electron chi connectivity index (χ2n) is 13.9. The summed E-state index contributed by atoms with van der Waals surface area (Å²) in [4.78, 5) is 51.5. The van der Waals surface area contributed by atoms with Crippen molar-refractivity contribution in [3.63, 3.8) is 0 Å². The zero-order valence-electron chi connectivity index (χ0n) is 33.2. The Morgan fingerprint density at radius 3 is 1.43 bits per heavy atom. The second-order valence-corrected chi connectivity index (χ2v) is 16.5. The zero-order valence-corrected chi connectivity index (χ0v) is 37.9. The molecule has 2 amide bonds. The fourth-order valence-corrected chi connectivity index (χ4v) is 7.71. The summed E-state index contributed by atoms with van der Waals surface area (Å²) in [5.41, 5.74) is 5.36. The Morgan fingerprint density at radius 1 is 0.672 bits per heavy atom. The van der Waals surface area contributed by atoms with Gasteiger partial charge in [-0.2, -0.15) is 0 Å². The van der Waals surface area contributed by atoms with E-state index in [1.54, 1.807) is 57.7 Å². The fourth-order valence-electron chi connectivity index (χ4n) is 6.71. The van der Waals surface area contributed by atoms with Crippen LogP contribution in [0.2, 0.25) is 10.0 Å². The molecule has 6 rings (SSSR count). The van der Waals surface area contributed by atoms with Gasteiger partial charge in [-0.15, -0.1) is 0 Å². The predicted molar refractivity (Wildman–Crippen MR) is 238 cm³/mol. The first-order chi connectivity index (χ1) is 27.6. The van der Waals surface area contributed by atoms with Gasteiger partial charge in [0.1, 0.15) is 11.5 Å². The van der Waals surface area contributed by atoms with Crippen molar-refractivity contribution in [2.75, 3.05) is 20.8 Å². The molecule has 0 aliphatic heterocycles. The molecule has 0 unspecified atom stereocenters. The Balaban J connectivity index is 0.000000221. The maximum absolute atomic E-state index is 13.3. The van der Waals surface area contributed by atoms with E-state index in [2.05, 4.69) is 42.5 Å². The molecule has 10 nitrogen and oxygen atoms in total. The van der Waals surface area contributed by atoms with Crippen LogP contribution >= 0.6 is 55.1 Å². The number of aromatic nitrogens is 2. The third kappa shape index (κ3) is 9.80. The van der Waals surface area contributed by atoms with E-state index in [0.29, 0.717) is 61.6 Å². The lowest BCUT2D eigenvalue weighted by atomic mass is 10.1. The van der Waals surface area contributed by atoms with Gasteiger partial charge in [-0.25, -0.2) is 0 Å². The molecule has 0 bridgehead atoms. The van der Waals surface area contributed by atoms with Gasteiger partial charge >= 0.3 is 0 Å². The van der Waals surface area contributed by atoms with Crippen LogP contribution in [-0.4, -0.2) is 59.6 Å². The molecule has 0 spiro atoms. The molecule has 58 heavy (non-hydrogen) atoms. The molecule has 304 valence electrons. The highest BCUT2D eigenvalue weighted by Gasteiger charge is 2.25. The van der Waals surface area contributed by atoms with Crippen LogP contribution in [0.3, 0.4) is 0 Å². The van der Waals surface area contributed by atoms with E-state index >= 15 is 0 Å². The van der Waals surface area contributed by atoms with Crippen LogP contribution in [0, 0.1) is 13.8 Å². The number of fused-ring (bicyclic) bond motifs is 2. The lowest BCUT2D eigenvalue weighted by molar-refractivity contribution is -0.121. The van der Waals surface area contributed by atoms with Gasteiger partial charge in [0.25, 0.3) is 11.8 Å².